The van der Waals surface area contributed by atoms with Crippen molar-refractivity contribution in [2.45, 2.75) is 38.3 Å². The van der Waals surface area contributed by atoms with Gasteiger partial charge in [-0.05, 0) is 37.8 Å². The predicted molar refractivity (Wildman–Crippen MR) is 107 cm³/mol. The Hall–Kier alpha value is -1.60. The second-order valence-corrected chi connectivity index (χ2v) is 10.4. The van der Waals surface area contributed by atoms with Crippen molar-refractivity contribution in [2.75, 3.05) is 49.1 Å². The minimum absolute atomic E-state index is 0.108. The standard InChI is InChI=1S/C20H29N3O3S/c1-16-4-2-3-5-19(16)22-11-9-21(10-12-22)14-20(24)23(17-6-7-17)18-8-13-27(25,26)15-18/h2-5,17-18H,6-15H2,1H3/t18-/m1/s1. The molecule has 148 valence electrons. The van der Waals surface area contributed by atoms with Crippen LogP contribution < -0.4 is 4.90 Å². The van der Waals surface area contributed by atoms with Gasteiger partial charge in [0.25, 0.3) is 0 Å². The molecule has 2 heterocycles. The van der Waals surface area contributed by atoms with Crippen molar-refractivity contribution >= 4 is 21.4 Å². The quantitative estimate of drug-likeness (QED) is 0.757. The van der Waals surface area contributed by atoms with E-state index < -0.39 is 9.84 Å². The molecule has 27 heavy (non-hydrogen) atoms. The Morgan fingerprint density at radius 1 is 1.07 bits per heavy atom. The van der Waals surface area contributed by atoms with Gasteiger partial charge in [0.05, 0.1) is 18.1 Å². The van der Waals surface area contributed by atoms with Crippen LogP contribution in [0.2, 0.25) is 0 Å². The first-order chi connectivity index (χ1) is 12.9. The fraction of sp³-hybridized carbons (Fsp3) is 0.650. The number of carbonyl (C=O) groups is 1. The summed E-state index contributed by atoms with van der Waals surface area (Å²) in [6, 6.07) is 8.58. The van der Waals surface area contributed by atoms with Gasteiger partial charge in [-0.25, -0.2) is 8.42 Å². The average Bonchev–Trinajstić information content (AvgIpc) is 3.39. The van der Waals surface area contributed by atoms with E-state index >= 15 is 0 Å². The molecular weight excluding hydrogens is 362 g/mol. The topological polar surface area (TPSA) is 60.9 Å². The van der Waals surface area contributed by atoms with E-state index in [4.69, 9.17) is 0 Å². The maximum atomic E-state index is 13.0. The van der Waals surface area contributed by atoms with E-state index in [1.807, 2.05) is 4.90 Å². The first-order valence-corrected chi connectivity index (χ1v) is 11.8. The number of rotatable bonds is 5. The third kappa shape index (κ3) is 4.29. The van der Waals surface area contributed by atoms with E-state index in [1.165, 1.54) is 11.3 Å². The van der Waals surface area contributed by atoms with Crippen LogP contribution in [0.5, 0.6) is 0 Å². The normalized spacial score (nSPS) is 25.5. The summed E-state index contributed by atoms with van der Waals surface area (Å²) >= 11 is 0. The van der Waals surface area contributed by atoms with Gasteiger partial charge in [0.15, 0.2) is 9.84 Å². The summed E-state index contributed by atoms with van der Waals surface area (Å²) in [4.78, 5) is 19.5. The second kappa shape index (κ2) is 7.43. The van der Waals surface area contributed by atoms with E-state index in [0.717, 1.165) is 39.0 Å². The van der Waals surface area contributed by atoms with Crippen LogP contribution in [0.3, 0.4) is 0 Å². The number of sulfone groups is 1. The lowest BCUT2D eigenvalue weighted by molar-refractivity contribution is -0.135. The van der Waals surface area contributed by atoms with E-state index in [-0.39, 0.29) is 29.5 Å². The molecular formula is C20H29N3O3S. The lowest BCUT2D eigenvalue weighted by Gasteiger charge is -2.38. The molecule has 1 aliphatic carbocycles. The molecule has 2 saturated heterocycles. The lowest BCUT2D eigenvalue weighted by Crippen LogP contribution is -2.52. The molecule has 1 aromatic carbocycles. The van der Waals surface area contributed by atoms with Gasteiger partial charge in [-0.1, -0.05) is 18.2 Å². The molecule has 0 radical (unpaired) electrons. The van der Waals surface area contributed by atoms with Crippen molar-refractivity contribution in [3.63, 3.8) is 0 Å². The van der Waals surface area contributed by atoms with E-state index in [1.54, 1.807) is 0 Å². The Morgan fingerprint density at radius 3 is 2.37 bits per heavy atom. The highest BCUT2D eigenvalue weighted by Crippen LogP contribution is 2.32. The van der Waals surface area contributed by atoms with Crippen LogP contribution in [0, 0.1) is 6.92 Å². The Kier molecular flexibility index (Phi) is 5.16. The van der Waals surface area contributed by atoms with Crippen molar-refractivity contribution in [3.8, 4) is 0 Å². The molecule has 3 fully saturated rings. The van der Waals surface area contributed by atoms with Crippen molar-refractivity contribution in [2.24, 2.45) is 0 Å². The van der Waals surface area contributed by atoms with Gasteiger partial charge in [-0.3, -0.25) is 9.69 Å². The second-order valence-electron chi connectivity index (χ2n) is 8.14. The maximum Gasteiger partial charge on any atom is 0.237 e. The third-order valence-corrected chi connectivity index (χ3v) is 7.77. The molecule has 0 N–H and O–H groups in total. The fourth-order valence-corrected chi connectivity index (χ4v) is 6.10. The number of piperazine rings is 1. The number of nitrogens with zero attached hydrogens (tertiary/aromatic N) is 3. The van der Waals surface area contributed by atoms with E-state index in [2.05, 4.69) is 41.0 Å². The first kappa shape index (κ1) is 18.7. The summed E-state index contributed by atoms with van der Waals surface area (Å²) in [6.45, 7) is 6.10. The molecule has 6 nitrogen and oxygen atoms in total. The van der Waals surface area contributed by atoms with Gasteiger partial charge in [0, 0.05) is 44.0 Å². The van der Waals surface area contributed by atoms with E-state index in [9.17, 15) is 13.2 Å². The lowest BCUT2D eigenvalue weighted by atomic mass is 10.1. The molecule has 3 aliphatic rings. The van der Waals surface area contributed by atoms with E-state index in [0.29, 0.717) is 13.0 Å². The largest absolute Gasteiger partial charge is 0.369 e. The average molecular weight is 392 g/mol. The number of amides is 1. The minimum Gasteiger partial charge on any atom is -0.369 e. The van der Waals surface area contributed by atoms with Crippen molar-refractivity contribution in [3.05, 3.63) is 29.8 Å². The Morgan fingerprint density at radius 2 is 1.78 bits per heavy atom. The zero-order chi connectivity index (χ0) is 19.0. The molecule has 1 saturated carbocycles. The van der Waals surface area contributed by atoms with Crippen LogP contribution in [0.25, 0.3) is 0 Å². The van der Waals surface area contributed by atoms with Crippen LogP contribution in [0.4, 0.5) is 5.69 Å². The van der Waals surface area contributed by atoms with Crippen molar-refractivity contribution in [1.29, 1.82) is 0 Å². The smallest absolute Gasteiger partial charge is 0.237 e. The van der Waals surface area contributed by atoms with Gasteiger partial charge in [-0.2, -0.15) is 0 Å². The van der Waals surface area contributed by atoms with Crippen LogP contribution >= 0.6 is 0 Å². The SMILES string of the molecule is Cc1ccccc1N1CCN(CC(=O)N(C2CC2)[C@@H]2CCS(=O)(=O)C2)CC1. The van der Waals surface area contributed by atoms with Crippen LogP contribution in [-0.2, 0) is 14.6 Å². The molecule has 4 rings (SSSR count). The van der Waals surface area contributed by atoms with Gasteiger partial charge in [-0.15, -0.1) is 0 Å². The summed E-state index contributed by atoms with van der Waals surface area (Å²) in [7, 11) is -2.97. The molecule has 1 amide bonds. The molecule has 1 atom stereocenters. The zero-order valence-corrected chi connectivity index (χ0v) is 16.8. The number of anilines is 1. The predicted octanol–water partition coefficient (Wildman–Crippen LogP) is 1.30. The van der Waals surface area contributed by atoms with Gasteiger partial charge < -0.3 is 9.80 Å². The van der Waals surface area contributed by atoms with Gasteiger partial charge >= 0.3 is 0 Å². The Labute approximate surface area is 162 Å². The molecule has 0 unspecified atom stereocenters. The highest BCUT2D eigenvalue weighted by atomic mass is 32.2. The van der Waals surface area contributed by atoms with Gasteiger partial charge in [0.2, 0.25) is 5.91 Å². The third-order valence-electron chi connectivity index (χ3n) is 6.02. The zero-order valence-electron chi connectivity index (χ0n) is 16.0. The van der Waals surface area contributed by atoms with Crippen LogP contribution in [0.1, 0.15) is 24.8 Å². The molecule has 0 aromatic heterocycles. The number of hydrogen-bond acceptors (Lipinski definition) is 5. The number of aryl methyl sites for hydroxylation is 1. The molecule has 0 bridgehead atoms. The Balaban J connectivity index is 1.34. The first-order valence-electron chi connectivity index (χ1n) is 9.97. The number of para-hydroxylation sites is 1. The van der Waals surface area contributed by atoms with Gasteiger partial charge in [0.1, 0.15) is 0 Å². The van der Waals surface area contributed by atoms with Crippen molar-refractivity contribution in [1.82, 2.24) is 9.80 Å². The van der Waals surface area contributed by atoms with Crippen LogP contribution in [0.15, 0.2) is 24.3 Å². The molecule has 1 aromatic rings. The highest BCUT2D eigenvalue weighted by molar-refractivity contribution is 7.91. The molecule has 2 aliphatic heterocycles. The maximum absolute atomic E-state index is 13.0. The fourth-order valence-electron chi connectivity index (χ4n) is 4.39. The summed E-state index contributed by atoms with van der Waals surface area (Å²) in [5.41, 5.74) is 2.56. The summed E-state index contributed by atoms with van der Waals surface area (Å²) in [6.07, 6.45) is 2.64. The number of hydrogen-bond donors (Lipinski definition) is 0. The summed E-state index contributed by atoms with van der Waals surface area (Å²) < 4.78 is 23.7. The van der Waals surface area contributed by atoms with Crippen LogP contribution in [-0.4, -0.2) is 80.4 Å². The summed E-state index contributed by atoms with van der Waals surface area (Å²) in [5.74, 6) is 0.489. The molecule has 7 heteroatoms. The van der Waals surface area contributed by atoms with Crippen molar-refractivity contribution < 1.29 is 13.2 Å². The minimum atomic E-state index is -2.97. The Bertz CT molecular complexity index is 798. The molecule has 0 spiro atoms. The number of benzene rings is 1. The number of carbonyl (C=O) groups excluding carboxylic acids is 1. The summed E-state index contributed by atoms with van der Waals surface area (Å²) in [5, 5.41) is 0. The highest BCUT2D eigenvalue weighted by Gasteiger charge is 2.42. The monoisotopic (exact) mass is 391 g/mol.